The molecular weight excluding hydrogens is 188 g/mol. The minimum Gasteiger partial charge on any atom is -0.544 e. The van der Waals surface area contributed by atoms with Crippen LogP contribution in [0.2, 0.25) is 0 Å². The second-order valence-electron chi connectivity index (χ2n) is 3.32. The van der Waals surface area contributed by atoms with Gasteiger partial charge in [-0.3, -0.25) is 0 Å². The minimum atomic E-state index is -1.17. The topological polar surface area (TPSA) is 136 Å². The van der Waals surface area contributed by atoms with Gasteiger partial charge in [-0.2, -0.15) is 0 Å². The molecule has 0 heterocycles. The van der Waals surface area contributed by atoms with Crippen LogP contribution in [0.4, 0.5) is 0 Å². The van der Waals surface area contributed by atoms with Crippen LogP contribution < -0.4 is 21.7 Å². The Hall–Kier alpha value is -1.14. The molecule has 0 rings (SSSR count). The number of rotatable bonds is 7. The monoisotopic (exact) mass is 204 g/mol. The van der Waals surface area contributed by atoms with Crippen molar-refractivity contribution in [2.24, 2.45) is 0 Å². The second kappa shape index (κ2) is 6.33. The van der Waals surface area contributed by atoms with Crippen LogP contribution in [0.15, 0.2) is 0 Å². The molecule has 0 saturated heterocycles. The Morgan fingerprint density at radius 1 is 0.929 bits per heavy atom. The summed E-state index contributed by atoms with van der Waals surface area (Å²) in [6.45, 7) is 0. The van der Waals surface area contributed by atoms with Gasteiger partial charge in [-0.15, -0.1) is 0 Å². The molecule has 0 aromatic carbocycles. The summed E-state index contributed by atoms with van der Waals surface area (Å²) in [4.78, 5) is 20.5. The molecule has 0 radical (unpaired) electrons. The first-order valence-corrected chi connectivity index (χ1v) is 4.53. The maximum atomic E-state index is 10.2. The van der Waals surface area contributed by atoms with E-state index in [0.29, 0.717) is 25.7 Å². The van der Waals surface area contributed by atoms with E-state index >= 15 is 0 Å². The number of carboxylic acid groups (broad SMARTS) is 2. The smallest absolute Gasteiger partial charge is 0.124 e. The normalized spacial score (nSPS) is 14.7. The summed E-state index contributed by atoms with van der Waals surface area (Å²) in [5, 5.41) is 20.5. The molecule has 0 aliphatic heterocycles. The third-order valence-corrected chi connectivity index (χ3v) is 2.02. The summed E-state index contributed by atoms with van der Waals surface area (Å²) < 4.78 is 0. The molecule has 0 aliphatic rings. The van der Waals surface area contributed by atoms with Gasteiger partial charge >= 0.3 is 0 Å². The van der Waals surface area contributed by atoms with Crippen LogP contribution in [-0.4, -0.2) is 24.0 Å². The van der Waals surface area contributed by atoms with Gasteiger partial charge in [0.05, 0.1) is 11.9 Å². The summed E-state index contributed by atoms with van der Waals surface area (Å²) in [5.74, 6) is -2.34. The van der Waals surface area contributed by atoms with Gasteiger partial charge < -0.3 is 31.3 Å². The second-order valence-corrected chi connectivity index (χ2v) is 3.32. The van der Waals surface area contributed by atoms with Gasteiger partial charge in [-0.25, -0.2) is 0 Å². The fourth-order valence-electron chi connectivity index (χ4n) is 1.02. The van der Waals surface area contributed by atoms with Gasteiger partial charge in [0.1, 0.15) is 12.1 Å². The largest absolute Gasteiger partial charge is 0.544 e. The van der Waals surface area contributed by atoms with Crippen molar-refractivity contribution in [3.63, 3.8) is 0 Å². The first kappa shape index (κ1) is 12.9. The van der Waals surface area contributed by atoms with Gasteiger partial charge in [0.15, 0.2) is 0 Å². The summed E-state index contributed by atoms with van der Waals surface area (Å²) in [5.41, 5.74) is 6.77. The van der Waals surface area contributed by atoms with Crippen LogP contribution in [0.5, 0.6) is 0 Å². The Balaban J connectivity index is 3.47. The van der Waals surface area contributed by atoms with Crippen molar-refractivity contribution in [1.29, 1.82) is 0 Å². The number of carboxylic acids is 2. The first-order valence-electron chi connectivity index (χ1n) is 4.53. The average Bonchev–Trinajstić information content (AvgIpc) is 2.11. The van der Waals surface area contributed by atoms with Crippen LogP contribution >= 0.6 is 0 Å². The predicted molar refractivity (Wildman–Crippen MR) is 41.8 cm³/mol. The van der Waals surface area contributed by atoms with E-state index in [-0.39, 0.29) is 0 Å². The number of carbonyl (C=O) groups excluding carboxylic acids is 2. The van der Waals surface area contributed by atoms with Crippen molar-refractivity contribution in [3.8, 4) is 0 Å². The molecule has 0 bridgehead atoms. The molecule has 0 spiro atoms. The van der Waals surface area contributed by atoms with Gasteiger partial charge in [0.2, 0.25) is 0 Å². The molecule has 14 heavy (non-hydrogen) atoms. The lowest BCUT2D eigenvalue weighted by molar-refractivity contribution is -0.441. The fourth-order valence-corrected chi connectivity index (χ4v) is 1.02. The molecule has 0 aromatic rings. The Morgan fingerprint density at radius 2 is 1.21 bits per heavy atom. The summed E-state index contributed by atoms with van der Waals surface area (Å²) in [6.07, 6.45) is 2.03. The molecule has 0 aromatic heterocycles. The van der Waals surface area contributed by atoms with Gasteiger partial charge in [-0.05, 0) is 12.8 Å². The molecule has 82 valence electrons. The zero-order valence-corrected chi connectivity index (χ0v) is 8.03. The third-order valence-electron chi connectivity index (χ3n) is 2.02. The summed E-state index contributed by atoms with van der Waals surface area (Å²) in [6, 6.07) is -1.44. The molecular formula is C8H16N2O4. The van der Waals surface area contributed by atoms with Crippen LogP contribution in [-0.2, 0) is 9.59 Å². The van der Waals surface area contributed by atoms with E-state index in [2.05, 4.69) is 11.5 Å². The van der Waals surface area contributed by atoms with Crippen LogP contribution in [0.1, 0.15) is 25.7 Å². The van der Waals surface area contributed by atoms with Crippen molar-refractivity contribution in [1.82, 2.24) is 0 Å². The van der Waals surface area contributed by atoms with Gasteiger partial charge in [0.25, 0.3) is 0 Å². The summed E-state index contributed by atoms with van der Waals surface area (Å²) >= 11 is 0. The lowest BCUT2D eigenvalue weighted by Crippen LogP contribution is -2.68. The average molecular weight is 204 g/mol. The Bertz CT molecular complexity index is 186. The fraction of sp³-hybridized carbons (Fsp3) is 0.750. The van der Waals surface area contributed by atoms with Crippen LogP contribution in [0.3, 0.4) is 0 Å². The number of quaternary nitrogens is 2. The van der Waals surface area contributed by atoms with Crippen molar-refractivity contribution >= 4 is 11.9 Å². The lowest BCUT2D eigenvalue weighted by Gasteiger charge is -2.10. The zero-order chi connectivity index (χ0) is 11.1. The SMILES string of the molecule is [NH3+][C@@H](CCCC[C@H]([NH3+])C(=O)[O-])C(=O)[O-]. The molecule has 6 heteroatoms. The maximum Gasteiger partial charge on any atom is 0.124 e. The quantitative estimate of drug-likeness (QED) is 0.402. The summed E-state index contributed by atoms with van der Waals surface area (Å²) in [7, 11) is 0. The molecule has 0 unspecified atom stereocenters. The van der Waals surface area contributed by atoms with E-state index in [1.165, 1.54) is 0 Å². The highest BCUT2D eigenvalue weighted by Crippen LogP contribution is 2.02. The molecule has 0 amide bonds. The molecule has 0 saturated carbocycles. The number of unbranched alkanes of at least 4 members (excludes halogenated alkanes) is 1. The van der Waals surface area contributed by atoms with E-state index in [4.69, 9.17) is 0 Å². The van der Waals surface area contributed by atoms with Crippen molar-refractivity contribution in [3.05, 3.63) is 0 Å². The van der Waals surface area contributed by atoms with E-state index in [9.17, 15) is 19.8 Å². The first-order chi connectivity index (χ1) is 6.45. The van der Waals surface area contributed by atoms with Gasteiger partial charge in [0, 0.05) is 12.8 Å². The van der Waals surface area contributed by atoms with E-state index < -0.39 is 24.0 Å². The Labute approximate surface area is 81.9 Å². The molecule has 6 N–H and O–H groups in total. The van der Waals surface area contributed by atoms with E-state index in [1.54, 1.807) is 0 Å². The van der Waals surface area contributed by atoms with Crippen molar-refractivity contribution in [2.75, 3.05) is 0 Å². The van der Waals surface area contributed by atoms with Crippen molar-refractivity contribution in [2.45, 2.75) is 37.8 Å². The number of hydrogen-bond acceptors (Lipinski definition) is 4. The minimum absolute atomic E-state index is 0.405. The lowest BCUT2D eigenvalue weighted by atomic mass is 10.1. The standard InChI is InChI=1S/C8H16N2O4/c9-5(7(11)12)3-1-2-4-6(10)8(13)14/h5-6H,1-4,9-10H2,(H,11,12)(H,13,14)/t5-,6-/m0/s1. The van der Waals surface area contributed by atoms with E-state index in [1.807, 2.05) is 0 Å². The van der Waals surface area contributed by atoms with Crippen LogP contribution in [0, 0.1) is 0 Å². The maximum absolute atomic E-state index is 10.2. The molecule has 2 atom stereocenters. The highest BCUT2D eigenvalue weighted by atomic mass is 16.4. The Kier molecular flexibility index (Phi) is 5.82. The number of aliphatic carboxylic acids is 2. The Morgan fingerprint density at radius 3 is 1.43 bits per heavy atom. The van der Waals surface area contributed by atoms with E-state index in [0.717, 1.165) is 0 Å². The number of hydrogen-bond donors (Lipinski definition) is 2. The van der Waals surface area contributed by atoms with Gasteiger partial charge in [-0.1, -0.05) is 0 Å². The van der Waals surface area contributed by atoms with Crippen molar-refractivity contribution < 1.29 is 31.3 Å². The zero-order valence-electron chi connectivity index (χ0n) is 8.03. The highest BCUT2D eigenvalue weighted by Gasteiger charge is 2.09. The molecule has 0 fully saturated rings. The predicted octanol–water partition coefficient (Wildman–Crippen LogP) is -4.73. The molecule has 6 nitrogen and oxygen atoms in total. The molecule has 0 aliphatic carbocycles. The van der Waals surface area contributed by atoms with Crippen LogP contribution in [0.25, 0.3) is 0 Å². The third kappa shape index (κ3) is 5.50. The highest BCUT2D eigenvalue weighted by molar-refractivity contribution is 5.69. The number of carbonyl (C=O) groups is 2.